The summed E-state index contributed by atoms with van der Waals surface area (Å²) >= 11 is 0. The fraction of sp³-hybridized carbons (Fsp3) is 0.500. The summed E-state index contributed by atoms with van der Waals surface area (Å²) in [6, 6.07) is 0. The van der Waals surface area contributed by atoms with Crippen molar-refractivity contribution >= 4 is 6.16 Å². The summed E-state index contributed by atoms with van der Waals surface area (Å²) in [6.07, 6.45) is -1.25. The normalized spacial score (nSPS) is 5.50. The number of ether oxygens (including phenoxy) is 1. The summed E-state index contributed by atoms with van der Waals surface area (Å²) < 4.78 is 3.67. The van der Waals surface area contributed by atoms with E-state index in [1.807, 2.05) is 0 Å². The van der Waals surface area contributed by atoms with E-state index in [1.165, 1.54) is 0 Å². The molecule has 0 fully saturated rings. The Morgan fingerprint density at radius 1 is 2.00 bits per heavy atom. The molecule has 0 rings (SSSR count). The van der Waals surface area contributed by atoms with Crippen LogP contribution in [0, 0.1) is 0 Å². The van der Waals surface area contributed by atoms with Crippen molar-refractivity contribution in [1.82, 2.24) is 0 Å². The topological polar surface area (TPSA) is 46.5 Å². The predicted molar refractivity (Wildman–Crippen MR) is 16.1 cm³/mol. The van der Waals surface area contributed by atoms with Gasteiger partial charge in [0.25, 0.3) is 0 Å². The van der Waals surface area contributed by atoms with Crippen LogP contribution in [-0.2, 0) is 4.74 Å². The molecule has 0 atom stereocenters. The molecule has 0 aromatic heterocycles. The summed E-state index contributed by atoms with van der Waals surface area (Å²) in [5, 5.41) is 7.50. The molecule has 0 aliphatic rings. The number of methoxy groups -OCH3 is 1. The van der Waals surface area contributed by atoms with E-state index in [-0.39, 0.29) is 70.3 Å². The molecule has 0 radical (unpaired) electrons. The van der Waals surface area contributed by atoms with Crippen LogP contribution in [0.5, 0.6) is 0 Å². The number of carbonyl (C=O) groups is 1. The Morgan fingerprint density at radius 2 is 2.17 bits per heavy atom. The molecule has 0 saturated carbocycles. The summed E-state index contributed by atoms with van der Waals surface area (Å²) in [5.41, 5.74) is 0. The van der Waals surface area contributed by atoms with Gasteiger partial charge in [0.1, 0.15) is 0 Å². The smallest absolute Gasteiger partial charge is 1.00 e. The van der Waals surface area contributed by atoms with Gasteiger partial charge in [-0.15, -0.1) is 0 Å². The maximum absolute atomic E-state index is 9.15. The molecule has 4 heteroatoms. The van der Waals surface area contributed by atoms with Gasteiger partial charge in [0.15, 0.2) is 0 Å². The first-order valence-electron chi connectivity index (χ1n) is 1.04. The van der Waals surface area contributed by atoms with Gasteiger partial charge in [-0.25, -0.2) is 4.79 Å². The van der Waals surface area contributed by atoms with E-state index in [2.05, 4.69) is 4.74 Å². The van der Waals surface area contributed by atoms with Crippen LogP contribution in [0.4, 0.5) is 4.79 Å². The predicted octanol–water partition coefficient (Wildman–Crippen LogP) is -2.57. The Labute approximate surface area is 96.0 Å². The van der Waals surface area contributed by atoms with Crippen molar-refractivity contribution in [2.45, 2.75) is 0 Å². The Balaban J connectivity index is -0.0000000800. The third-order valence-electron chi connectivity index (χ3n) is 0.175. The zero-order valence-electron chi connectivity index (χ0n) is 4.76. The van der Waals surface area contributed by atoms with E-state index >= 15 is 0 Å². The number of rotatable bonds is 0. The minimum atomic E-state index is -1.25. The van der Waals surface area contributed by atoms with Crippen molar-refractivity contribution in [1.29, 1.82) is 0 Å². The van der Waals surface area contributed by atoms with Crippen molar-refractivity contribution in [3.8, 4) is 0 Å². The van der Waals surface area contributed by atoms with E-state index < -0.39 is 6.16 Å². The van der Waals surface area contributed by atoms with Crippen molar-refractivity contribution in [2.75, 3.05) is 7.11 Å². The molecule has 0 bridgehead atoms. The molecule has 3 nitrogen and oxygen atoms in total. The Morgan fingerprint density at radius 3 is 2.17 bits per heavy atom. The van der Waals surface area contributed by atoms with E-state index in [9.17, 15) is 0 Å². The van der Waals surface area contributed by atoms with Crippen molar-refractivity contribution < 1.29 is 85.0 Å². The first kappa shape index (κ1) is 10.3. The fourth-order valence-corrected chi connectivity index (χ4v) is 0. The molecule has 0 aromatic carbocycles. The first-order valence-corrected chi connectivity index (χ1v) is 1.04. The molecular formula is C2H5CsO3. The third-order valence-corrected chi connectivity index (χ3v) is 0.175. The van der Waals surface area contributed by atoms with Gasteiger partial charge in [0.05, 0.1) is 7.11 Å². The van der Waals surface area contributed by atoms with Crippen LogP contribution >= 0.6 is 0 Å². The second-order valence-corrected chi connectivity index (χ2v) is 0.470. The fourth-order valence-electron chi connectivity index (χ4n) is 0. The van der Waals surface area contributed by atoms with Crippen molar-refractivity contribution in [3.05, 3.63) is 0 Å². The molecule has 0 heterocycles. The van der Waals surface area contributed by atoms with E-state index in [0.717, 1.165) is 7.11 Å². The minimum absolute atomic E-state index is 0. The number of carboxylic acid groups (broad SMARTS) is 1. The summed E-state index contributed by atoms with van der Waals surface area (Å²) in [6.45, 7) is 0. The van der Waals surface area contributed by atoms with E-state index in [4.69, 9.17) is 9.90 Å². The maximum Gasteiger partial charge on any atom is 1.00 e. The summed E-state index contributed by atoms with van der Waals surface area (Å²) in [7, 11) is 1.10. The molecule has 6 heavy (non-hydrogen) atoms. The average Bonchev–Trinajstić information content (AvgIpc) is 1.38. The average molecular weight is 210 g/mol. The summed E-state index contributed by atoms with van der Waals surface area (Å²) in [5.74, 6) is 0. The molecule has 0 saturated heterocycles. The Hall–Kier alpha value is 1.32. The number of hydrogen-bond acceptors (Lipinski definition) is 2. The van der Waals surface area contributed by atoms with Gasteiger partial charge < -0.3 is 11.3 Å². The molecule has 0 spiro atoms. The molecule has 0 unspecified atom stereocenters. The van der Waals surface area contributed by atoms with Gasteiger partial charge in [-0.2, -0.15) is 0 Å². The van der Waals surface area contributed by atoms with Crippen LogP contribution in [0.3, 0.4) is 0 Å². The molecule has 1 N–H and O–H groups in total. The monoisotopic (exact) mass is 210 g/mol. The largest absolute Gasteiger partial charge is 1.00 e. The first-order chi connectivity index (χ1) is 2.27. The molecule has 0 aliphatic heterocycles. The second kappa shape index (κ2) is 6.32. The summed E-state index contributed by atoms with van der Waals surface area (Å²) in [4.78, 5) is 9.15. The molecular weight excluding hydrogens is 205 g/mol. The second-order valence-electron chi connectivity index (χ2n) is 0.470. The zero-order chi connectivity index (χ0) is 4.28. The molecule has 32 valence electrons. The molecule has 0 aromatic rings. The molecule has 0 aliphatic carbocycles. The van der Waals surface area contributed by atoms with Crippen molar-refractivity contribution in [2.24, 2.45) is 0 Å². The van der Waals surface area contributed by atoms with Crippen LogP contribution in [0.2, 0.25) is 0 Å². The number of hydrogen-bond donors (Lipinski definition) is 1. The SMILES string of the molecule is COC(=O)O.[Cs+].[H-]. The van der Waals surface area contributed by atoms with Crippen LogP contribution in [0.25, 0.3) is 0 Å². The van der Waals surface area contributed by atoms with Crippen LogP contribution in [0.15, 0.2) is 0 Å². The van der Waals surface area contributed by atoms with Gasteiger partial charge in [-0.3, -0.25) is 0 Å². The Kier molecular flexibility index (Phi) is 10.9. The van der Waals surface area contributed by atoms with Gasteiger partial charge in [0, 0.05) is 0 Å². The van der Waals surface area contributed by atoms with E-state index in [0.29, 0.717) is 0 Å². The van der Waals surface area contributed by atoms with Gasteiger partial charge >= 0.3 is 75.0 Å². The van der Waals surface area contributed by atoms with Crippen molar-refractivity contribution in [3.63, 3.8) is 0 Å². The van der Waals surface area contributed by atoms with Crippen LogP contribution < -0.4 is 68.9 Å². The quantitative estimate of drug-likeness (QED) is 0.447. The van der Waals surface area contributed by atoms with Gasteiger partial charge in [0.2, 0.25) is 0 Å². The standard InChI is InChI=1S/C2H4O3.Cs.H/c1-5-2(3)4;;/h1H3,(H,3,4);;/q;+1;-1. The van der Waals surface area contributed by atoms with Crippen LogP contribution in [0.1, 0.15) is 1.43 Å². The minimum Gasteiger partial charge on any atom is -1.00 e. The Bertz CT molecular complexity index is 48.2. The van der Waals surface area contributed by atoms with Gasteiger partial charge in [-0.05, 0) is 0 Å². The van der Waals surface area contributed by atoms with Gasteiger partial charge in [-0.1, -0.05) is 0 Å². The van der Waals surface area contributed by atoms with E-state index in [1.54, 1.807) is 0 Å². The maximum atomic E-state index is 9.15. The van der Waals surface area contributed by atoms with Crippen LogP contribution in [-0.4, -0.2) is 18.4 Å². The molecule has 0 amide bonds. The zero-order valence-corrected chi connectivity index (χ0v) is 10.0. The third kappa shape index (κ3) is 9.01.